The Labute approximate surface area is 82.7 Å². The van der Waals surface area contributed by atoms with Crippen LogP contribution < -0.4 is 10.6 Å². The van der Waals surface area contributed by atoms with Gasteiger partial charge in [0.25, 0.3) is 0 Å². The number of pyridine rings is 1. The Balaban J connectivity index is 1.73. The van der Waals surface area contributed by atoms with Gasteiger partial charge in [-0.15, -0.1) is 0 Å². The van der Waals surface area contributed by atoms with Crippen molar-refractivity contribution in [2.45, 2.75) is 0 Å². The van der Waals surface area contributed by atoms with Gasteiger partial charge in [-0.25, -0.2) is 4.98 Å². The van der Waals surface area contributed by atoms with E-state index in [1.165, 1.54) is 0 Å². The van der Waals surface area contributed by atoms with Crippen LogP contribution in [0.5, 0.6) is 0 Å². The molecule has 0 aromatic carbocycles. The Kier molecular flexibility index (Phi) is 1.50. The highest BCUT2D eigenvalue weighted by atomic mass is 16.5. The normalized spacial score (nSPS) is 23.0. The minimum absolute atomic E-state index is 0.437. The molecular weight excluding hydrogens is 178 g/mol. The molecule has 3 heterocycles. The molecule has 2 N–H and O–H groups in total. The van der Waals surface area contributed by atoms with E-state index in [0.717, 1.165) is 37.8 Å². The standard InChI is InChI=1S/C10H13N3O/c11-8-1-2-12-9(3-8)13-4-10(5-13)6-14-7-10/h1-3H,4-7H2,(H2,11,12). The number of aromatic nitrogens is 1. The molecule has 74 valence electrons. The number of nitrogen functional groups attached to an aromatic ring is 1. The Bertz CT molecular complexity index is 354. The van der Waals surface area contributed by atoms with Crippen molar-refractivity contribution in [2.75, 3.05) is 36.9 Å². The van der Waals surface area contributed by atoms with Crippen LogP contribution in [-0.2, 0) is 4.74 Å². The van der Waals surface area contributed by atoms with Crippen LogP contribution in [0.2, 0.25) is 0 Å². The number of hydrogen-bond acceptors (Lipinski definition) is 4. The molecule has 2 aliphatic heterocycles. The fourth-order valence-electron chi connectivity index (χ4n) is 2.11. The van der Waals surface area contributed by atoms with Crippen molar-refractivity contribution in [2.24, 2.45) is 5.41 Å². The van der Waals surface area contributed by atoms with Crippen molar-refractivity contribution in [3.63, 3.8) is 0 Å². The molecule has 0 atom stereocenters. The predicted molar refractivity (Wildman–Crippen MR) is 54.1 cm³/mol. The first-order chi connectivity index (χ1) is 6.77. The van der Waals surface area contributed by atoms with E-state index >= 15 is 0 Å². The second-order valence-electron chi connectivity index (χ2n) is 4.30. The summed E-state index contributed by atoms with van der Waals surface area (Å²) >= 11 is 0. The van der Waals surface area contributed by atoms with Gasteiger partial charge in [-0.1, -0.05) is 0 Å². The number of nitrogens with two attached hydrogens (primary N) is 1. The van der Waals surface area contributed by atoms with E-state index in [2.05, 4.69) is 9.88 Å². The highest BCUT2D eigenvalue weighted by molar-refractivity contribution is 5.52. The molecule has 1 spiro atoms. The van der Waals surface area contributed by atoms with Crippen molar-refractivity contribution in [3.05, 3.63) is 18.3 Å². The molecule has 2 fully saturated rings. The molecule has 4 nitrogen and oxygen atoms in total. The van der Waals surface area contributed by atoms with Crippen molar-refractivity contribution in [1.82, 2.24) is 4.98 Å². The van der Waals surface area contributed by atoms with E-state index in [0.29, 0.717) is 5.41 Å². The molecule has 1 aromatic heterocycles. The van der Waals surface area contributed by atoms with E-state index in [1.54, 1.807) is 6.20 Å². The molecule has 0 radical (unpaired) electrons. The van der Waals surface area contributed by atoms with Gasteiger partial charge in [-0.2, -0.15) is 0 Å². The highest BCUT2D eigenvalue weighted by Crippen LogP contribution is 2.39. The van der Waals surface area contributed by atoms with Gasteiger partial charge in [0, 0.05) is 31.0 Å². The second-order valence-corrected chi connectivity index (χ2v) is 4.30. The Hall–Kier alpha value is -1.29. The van der Waals surface area contributed by atoms with Crippen LogP contribution in [0.1, 0.15) is 0 Å². The van der Waals surface area contributed by atoms with E-state index in [1.807, 2.05) is 12.1 Å². The van der Waals surface area contributed by atoms with E-state index in [-0.39, 0.29) is 0 Å². The van der Waals surface area contributed by atoms with Gasteiger partial charge < -0.3 is 15.4 Å². The van der Waals surface area contributed by atoms with Crippen LogP contribution in [0.25, 0.3) is 0 Å². The van der Waals surface area contributed by atoms with Crippen molar-refractivity contribution < 1.29 is 4.74 Å². The fraction of sp³-hybridized carbons (Fsp3) is 0.500. The van der Waals surface area contributed by atoms with Crippen LogP contribution in [0.15, 0.2) is 18.3 Å². The summed E-state index contributed by atoms with van der Waals surface area (Å²) in [6, 6.07) is 3.73. The highest BCUT2D eigenvalue weighted by Gasteiger charge is 2.49. The van der Waals surface area contributed by atoms with Crippen LogP contribution in [-0.4, -0.2) is 31.3 Å². The van der Waals surface area contributed by atoms with Gasteiger partial charge >= 0.3 is 0 Å². The molecule has 0 unspecified atom stereocenters. The van der Waals surface area contributed by atoms with Gasteiger partial charge in [0.15, 0.2) is 0 Å². The number of hydrogen-bond donors (Lipinski definition) is 1. The predicted octanol–water partition coefficient (Wildman–Crippen LogP) is 0.500. The quantitative estimate of drug-likeness (QED) is 0.702. The average Bonchev–Trinajstić information content (AvgIpc) is 1.98. The van der Waals surface area contributed by atoms with Crippen molar-refractivity contribution >= 4 is 11.5 Å². The molecule has 2 saturated heterocycles. The molecule has 1 aromatic rings. The molecule has 0 amide bonds. The maximum absolute atomic E-state index is 5.70. The summed E-state index contributed by atoms with van der Waals surface area (Å²) < 4.78 is 5.22. The molecule has 0 aliphatic carbocycles. The third-order valence-electron chi connectivity index (χ3n) is 2.96. The lowest BCUT2D eigenvalue weighted by Gasteiger charge is -2.55. The largest absolute Gasteiger partial charge is 0.399 e. The third kappa shape index (κ3) is 1.07. The summed E-state index contributed by atoms with van der Waals surface area (Å²) in [7, 11) is 0. The Morgan fingerprint density at radius 2 is 2.21 bits per heavy atom. The van der Waals surface area contributed by atoms with Gasteiger partial charge in [0.2, 0.25) is 0 Å². The third-order valence-corrected chi connectivity index (χ3v) is 2.96. The van der Waals surface area contributed by atoms with Crippen LogP contribution in [0.3, 0.4) is 0 Å². The van der Waals surface area contributed by atoms with Crippen LogP contribution >= 0.6 is 0 Å². The molecule has 0 saturated carbocycles. The molecular formula is C10H13N3O. The first-order valence-electron chi connectivity index (χ1n) is 4.82. The number of ether oxygens (including phenoxy) is 1. The van der Waals surface area contributed by atoms with Crippen LogP contribution in [0.4, 0.5) is 11.5 Å². The summed E-state index contributed by atoms with van der Waals surface area (Å²) in [4.78, 5) is 6.54. The number of anilines is 2. The lowest BCUT2D eigenvalue weighted by Crippen LogP contribution is -2.66. The molecule has 2 aliphatic rings. The van der Waals surface area contributed by atoms with Gasteiger partial charge in [-0.3, -0.25) is 0 Å². The van der Waals surface area contributed by atoms with Crippen molar-refractivity contribution in [3.8, 4) is 0 Å². The topological polar surface area (TPSA) is 51.4 Å². The smallest absolute Gasteiger partial charge is 0.130 e. The number of rotatable bonds is 1. The van der Waals surface area contributed by atoms with E-state index in [9.17, 15) is 0 Å². The fourth-order valence-corrected chi connectivity index (χ4v) is 2.11. The Morgan fingerprint density at radius 1 is 1.43 bits per heavy atom. The minimum Gasteiger partial charge on any atom is -0.399 e. The molecule has 4 heteroatoms. The summed E-state index contributed by atoms with van der Waals surface area (Å²) in [5.41, 5.74) is 6.91. The zero-order valence-electron chi connectivity index (χ0n) is 7.94. The summed E-state index contributed by atoms with van der Waals surface area (Å²) in [6.07, 6.45) is 1.76. The Morgan fingerprint density at radius 3 is 2.79 bits per heavy atom. The zero-order valence-corrected chi connectivity index (χ0v) is 7.94. The van der Waals surface area contributed by atoms with Gasteiger partial charge in [-0.05, 0) is 6.07 Å². The van der Waals surface area contributed by atoms with Crippen molar-refractivity contribution in [1.29, 1.82) is 0 Å². The number of nitrogens with zero attached hydrogens (tertiary/aromatic N) is 2. The first-order valence-corrected chi connectivity index (χ1v) is 4.82. The average molecular weight is 191 g/mol. The first kappa shape index (κ1) is 8.05. The van der Waals surface area contributed by atoms with Gasteiger partial charge in [0.05, 0.1) is 18.6 Å². The zero-order chi connectivity index (χ0) is 9.60. The summed E-state index contributed by atoms with van der Waals surface area (Å²) in [5.74, 6) is 0.988. The maximum atomic E-state index is 5.70. The minimum atomic E-state index is 0.437. The second kappa shape index (κ2) is 2.60. The van der Waals surface area contributed by atoms with E-state index in [4.69, 9.17) is 10.5 Å². The molecule has 0 bridgehead atoms. The lowest BCUT2D eigenvalue weighted by atomic mass is 9.78. The SMILES string of the molecule is Nc1ccnc(N2CC3(COC3)C2)c1. The molecule has 3 rings (SSSR count). The monoisotopic (exact) mass is 191 g/mol. The van der Waals surface area contributed by atoms with Gasteiger partial charge in [0.1, 0.15) is 5.82 Å². The summed E-state index contributed by atoms with van der Waals surface area (Å²) in [5, 5.41) is 0. The lowest BCUT2D eigenvalue weighted by molar-refractivity contribution is -0.127. The molecule has 14 heavy (non-hydrogen) atoms. The van der Waals surface area contributed by atoms with Crippen LogP contribution in [0, 0.1) is 5.41 Å². The summed E-state index contributed by atoms with van der Waals surface area (Å²) in [6.45, 7) is 3.94. The maximum Gasteiger partial charge on any atom is 0.130 e. The van der Waals surface area contributed by atoms with E-state index < -0.39 is 0 Å².